The van der Waals surface area contributed by atoms with Crippen LogP contribution in [-0.2, 0) is 6.42 Å². The largest absolute Gasteiger partial charge is 0.313 e. The standard InChI is InChI=1S/C58H42N4/c1-3-16-38(17-4-1)40-19-15-20-42(34-40)57-59-58(61(57)44-21-5-2-6-22-44)56-46-23-8-7-18-39(46)31-33-54(56)62-53-29-14-11-26-49(53)50-36-41-30-32-45(35-43(41)37-55(50)62)60-51-27-12-9-24-47(51)48-25-10-13-28-52(48)60/h1-12,14-27,29-37,57-59H,13,28H2/p+1. The minimum absolute atomic E-state index is 0.0191. The summed E-state index contributed by atoms with van der Waals surface area (Å²) in [4.78, 5) is 1.39. The molecule has 4 heteroatoms. The molecule has 1 aliphatic heterocycles. The Morgan fingerprint density at radius 3 is 2.03 bits per heavy atom. The molecule has 0 saturated carbocycles. The molecule has 4 nitrogen and oxygen atoms in total. The maximum atomic E-state index is 4.16. The molecule has 9 aromatic carbocycles. The Balaban J connectivity index is 1.02. The summed E-state index contributed by atoms with van der Waals surface area (Å²) in [7, 11) is 0. The van der Waals surface area contributed by atoms with Crippen molar-refractivity contribution in [3.8, 4) is 22.5 Å². The first-order chi connectivity index (χ1) is 30.8. The first-order valence-electron chi connectivity index (χ1n) is 21.9. The Labute approximate surface area is 360 Å². The van der Waals surface area contributed by atoms with E-state index in [9.17, 15) is 0 Å². The van der Waals surface area contributed by atoms with Gasteiger partial charge in [-0.25, -0.2) is 5.32 Å². The van der Waals surface area contributed by atoms with Crippen molar-refractivity contribution >= 4 is 66.0 Å². The van der Waals surface area contributed by atoms with E-state index in [0.717, 1.165) is 12.8 Å². The Kier molecular flexibility index (Phi) is 7.99. The van der Waals surface area contributed by atoms with Gasteiger partial charge in [-0.2, -0.15) is 0 Å². The summed E-state index contributed by atoms with van der Waals surface area (Å²) in [5.41, 5.74) is 15.1. The number of nitrogens with one attached hydrogen (secondary N) is 2. The van der Waals surface area contributed by atoms with Crippen LogP contribution >= 0.6 is 0 Å². The number of hydrogen-bond donors (Lipinski definition) is 2. The number of allylic oxidation sites excluding steroid dienone is 1. The van der Waals surface area contributed by atoms with E-state index in [1.165, 1.54) is 110 Å². The number of fused-ring (bicyclic) bond motifs is 8. The van der Waals surface area contributed by atoms with Crippen LogP contribution in [0.1, 0.15) is 41.1 Å². The Bertz CT molecular complexity index is 3580. The molecule has 1 saturated heterocycles. The van der Waals surface area contributed by atoms with Gasteiger partial charge in [0.2, 0.25) is 0 Å². The van der Waals surface area contributed by atoms with Gasteiger partial charge in [0.1, 0.15) is 5.69 Å². The smallest absolute Gasteiger partial charge is 0.181 e. The van der Waals surface area contributed by atoms with E-state index < -0.39 is 0 Å². The third-order valence-corrected chi connectivity index (χ3v) is 13.6. The number of rotatable bonds is 6. The molecule has 3 atom stereocenters. The van der Waals surface area contributed by atoms with Crippen LogP contribution in [-0.4, -0.2) is 9.13 Å². The van der Waals surface area contributed by atoms with E-state index in [0.29, 0.717) is 0 Å². The second kappa shape index (κ2) is 14.0. The predicted octanol–water partition coefficient (Wildman–Crippen LogP) is 13.2. The molecule has 2 aromatic heterocycles. The molecule has 2 aliphatic rings. The number of benzene rings is 9. The molecule has 13 rings (SSSR count). The highest BCUT2D eigenvalue weighted by Crippen LogP contribution is 2.42. The summed E-state index contributed by atoms with van der Waals surface area (Å²) in [5.74, 6) is 0. The van der Waals surface area contributed by atoms with Gasteiger partial charge in [-0.15, -0.1) is 0 Å². The molecular formula is C58H43N4+. The van der Waals surface area contributed by atoms with Crippen LogP contribution in [0, 0.1) is 0 Å². The van der Waals surface area contributed by atoms with Crippen molar-refractivity contribution < 1.29 is 4.90 Å². The van der Waals surface area contributed by atoms with Crippen molar-refractivity contribution in [2.75, 3.05) is 0 Å². The van der Waals surface area contributed by atoms with Gasteiger partial charge in [0, 0.05) is 38.7 Å². The number of aromatic nitrogens is 2. The fraction of sp³-hybridized carbons (Fsp3) is 0.0690. The SMILES string of the molecule is C1=Cc2c(n(-c3ccc4cc5c6ccccc6n(-c6ccc7ccccc7c6C6NC(c7cccc(-c8ccccc8)c7)[NH+]6c6ccccc6)c5cc4c3)c3ccccc23)CC1. The van der Waals surface area contributed by atoms with E-state index >= 15 is 0 Å². The van der Waals surface area contributed by atoms with Gasteiger partial charge >= 0.3 is 0 Å². The second-order valence-corrected chi connectivity index (χ2v) is 17.0. The Morgan fingerprint density at radius 2 is 1.18 bits per heavy atom. The number of para-hydroxylation sites is 3. The predicted molar refractivity (Wildman–Crippen MR) is 258 cm³/mol. The zero-order chi connectivity index (χ0) is 40.7. The van der Waals surface area contributed by atoms with Gasteiger partial charge in [0.25, 0.3) is 0 Å². The minimum atomic E-state index is -0.0191. The lowest BCUT2D eigenvalue weighted by Gasteiger charge is -2.46. The summed E-state index contributed by atoms with van der Waals surface area (Å²) in [6, 6.07) is 74.2. The third-order valence-electron chi connectivity index (χ3n) is 13.6. The summed E-state index contributed by atoms with van der Waals surface area (Å²) in [6.45, 7) is 0. The van der Waals surface area contributed by atoms with Crippen LogP contribution in [0.15, 0.2) is 206 Å². The highest BCUT2D eigenvalue weighted by Gasteiger charge is 2.47. The zero-order valence-electron chi connectivity index (χ0n) is 34.2. The lowest BCUT2D eigenvalue weighted by atomic mass is 9.93. The molecule has 0 radical (unpaired) electrons. The average Bonchev–Trinajstić information content (AvgIpc) is 3.83. The molecule has 3 heterocycles. The van der Waals surface area contributed by atoms with Crippen LogP contribution in [0.4, 0.5) is 5.69 Å². The highest BCUT2D eigenvalue weighted by atomic mass is 15.5. The summed E-state index contributed by atoms with van der Waals surface area (Å²) < 4.78 is 5.05. The summed E-state index contributed by atoms with van der Waals surface area (Å²) in [6.07, 6.45) is 6.78. The Hall–Kier alpha value is -7.50. The van der Waals surface area contributed by atoms with Crippen molar-refractivity contribution in [1.82, 2.24) is 14.5 Å². The first kappa shape index (κ1) is 35.3. The average molecular weight is 796 g/mol. The molecule has 3 unspecified atom stereocenters. The van der Waals surface area contributed by atoms with Crippen molar-refractivity contribution in [3.63, 3.8) is 0 Å². The molecule has 1 fully saturated rings. The molecule has 1 aliphatic carbocycles. The maximum Gasteiger partial charge on any atom is 0.181 e. The van der Waals surface area contributed by atoms with Gasteiger partial charge in [0.15, 0.2) is 12.3 Å². The highest BCUT2D eigenvalue weighted by molar-refractivity contribution is 6.14. The number of quaternary nitrogens is 1. The van der Waals surface area contributed by atoms with Crippen molar-refractivity contribution in [1.29, 1.82) is 0 Å². The lowest BCUT2D eigenvalue weighted by Crippen LogP contribution is -3.19. The van der Waals surface area contributed by atoms with Crippen LogP contribution in [0.3, 0.4) is 0 Å². The van der Waals surface area contributed by atoms with E-state index in [-0.39, 0.29) is 12.3 Å². The molecule has 0 bridgehead atoms. The number of nitrogens with zero attached hydrogens (tertiary/aromatic N) is 2. The fourth-order valence-electron chi connectivity index (χ4n) is 10.8. The van der Waals surface area contributed by atoms with E-state index in [2.05, 4.69) is 227 Å². The molecular weight excluding hydrogens is 753 g/mol. The molecule has 2 N–H and O–H groups in total. The van der Waals surface area contributed by atoms with Gasteiger partial charge < -0.3 is 9.13 Å². The fourth-order valence-corrected chi connectivity index (χ4v) is 10.8. The topological polar surface area (TPSA) is 26.3 Å². The Morgan fingerprint density at radius 1 is 0.468 bits per heavy atom. The van der Waals surface area contributed by atoms with E-state index in [4.69, 9.17) is 0 Å². The van der Waals surface area contributed by atoms with Crippen molar-refractivity contribution in [2.45, 2.75) is 25.2 Å². The van der Waals surface area contributed by atoms with Crippen molar-refractivity contribution in [2.24, 2.45) is 0 Å². The molecule has 0 spiro atoms. The monoisotopic (exact) mass is 795 g/mol. The first-order valence-corrected chi connectivity index (χ1v) is 21.9. The summed E-state index contributed by atoms with van der Waals surface area (Å²) >= 11 is 0. The molecule has 0 amide bonds. The third kappa shape index (κ3) is 5.41. The van der Waals surface area contributed by atoms with E-state index in [1.54, 1.807) is 0 Å². The molecule has 11 aromatic rings. The summed E-state index contributed by atoms with van der Waals surface area (Å²) in [5, 5.41) is 13.0. The quantitative estimate of drug-likeness (QED) is 0.172. The minimum Gasteiger partial charge on any atom is -0.313 e. The normalized spacial score (nSPS) is 17.3. The molecule has 62 heavy (non-hydrogen) atoms. The van der Waals surface area contributed by atoms with Crippen molar-refractivity contribution in [3.05, 3.63) is 229 Å². The van der Waals surface area contributed by atoms with Crippen LogP contribution < -0.4 is 10.2 Å². The maximum absolute atomic E-state index is 4.16. The van der Waals surface area contributed by atoms with Crippen LogP contribution in [0.5, 0.6) is 0 Å². The van der Waals surface area contributed by atoms with Crippen LogP contribution in [0.2, 0.25) is 0 Å². The van der Waals surface area contributed by atoms with Crippen LogP contribution in [0.25, 0.3) is 82.8 Å². The van der Waals surface area contributed by atoms with E-state index in [1.807, 2.05) is 0 Å². The van der Waals surface area contributed by atoms with Gasteiger partial charge in [-0.3, -0.25) is 4.90 Å². The number of hydrogen-bond acceptors (Lipinski definition) is 1. The zero-order valence-corrected chi connectivity index (χ0v) is 34.2. The molecule has 294 valence electrons. The second-order valence-electron chi connectivity index (χ2n) is 17.0. The van der Waals surface area contributed by atoms with Gasteiger partial charge in [-0.1, -0.05) is 152 Å². The lowest BCUT2D eigenvalue weighted by molar-refractivity contribution is -0.962. The van der Waals surface area contributed by atoms with Gasteiger partial charge in [-0.05, 0) is 106 Å². The van der Waals surface area contributed by atoms with Gasteiger partial charge in [0.05, 0.1) is 27.8 Å².